The predicted octanol–water partition coefficient (Wildman–Crippen LogP) is 4.40. The van der Waals surface area contributed by atoms with Crippen LogP contribution in [0.2, 0.25) is 0 Å². The maximum absolute atomic E-state index is 5.04. The number of aryl methyl sites for hydroxylation is 2. The van der Waals surface area contributed by atoms with Crippen LogP contribution in [-0.2, 0) is 12.8 Å². The van der Waals surface area contributed by atoms with Gasteiger partial charge in [0.05, 0.1) is 5.69 Å². The van der Waals surface area contributed by atoms with Gasteiger partial charge >= 0.3 is 0 Å². The Balaban J connectivity index is 2.02. The minimum absolute atomic E-state index is 0.367. The zero-order valence-electron chi connectivity index (χ0n) is 14.6. The minimum Gasteiger partial charge on any atom is -0.367 e. The van der Waals surface area contributed by atoms with E-state index in [2.05, 4.69) is 50.4 Å². The first-order chi connectivity index (χ1) is 11.6. The number of benzene rings is 1. The van der Waals surface area contributed by atoms with Gasteiger partial charge in [-0.15, -0.1) is 0 Å². The van der Waals surface area contributed by atoms with Crippen molar-refractivity contribution in [2.24, 2.45) is 0 Å². The molecule has 1 N–H and O–H groups in total. The summed E-state index contributed by atoms with van der Waals surface area (Å²) in [6, 6.07) is 10.8. The summed E-state index contributed by atoms with van der Waals surface area (Å²) in [5.74, 6) is 1.13. The highest BCUT2D eigenvalue weighted by Gasteiger charge is 2.23. The summed E-state index contributed by atoms with van der Waals surface area (Å²) in [6.45, 7) is 6.43. The average Bonchev–Trinajstić information content (AvgIpc) is 2.91. The Hall–Kier alpha value is -2.36. The van der Waals surface area contributed by atoms with Crippen molar-refractivity contribution in [1.82, 2.24) is 14.6 Å². The van der Waals surface area contributed by atoms with Gasteiger partial charge in [0, 0.05) is 22.9 Å². The van der Waals surface area contributed by atoms with Crippen LogP contribution in [0.4, 0.5) is 5.82 Å². The quantitative estimate of drug-likeness (QED) is 0.777. The Kier molecular flexibility index (Phi) is 3.75. The van der Waals surface area contributed by atoms with Crippen LogP contribution in [0.3, 0.4) is 0 Å². The van der Waals surface area contributed by atoms with Crippen LogP contribution >= 0.6 is 0 Å². The number of fused-ring (bicyclic) bond motifs is 2. The third-order valence-corrected chi connectivity index (χ3v) is 4.70. The van der Waals surface area contributed by atoms with Gasteiger partial charge in [-0.25, -0.2) is 4.98 Å². The van der Waals surface area contributed by atoms with E-state index in [1.165, 1.54) is 29.7 Å². The molecule has 0 saturated carbocycles. The lowest BCUT2D eigenvalue weighted by atomic mass is 9.96. The second-order valence-electron chi connectivity index (χ2n) is 6.95. The molecule has 0 spiro atoms. The molecule has 1 aliphatic rings. The van der Waals surface area contributed by atoms with Crippen LogP contribution in [0.5, 0.6) is 0 Å². The minimum atomic E-state index is 0.367. The average molecular weight is 320 g/mol. The summed E-state index contributed by atoms with van der Waals surface area (Å²) in [4.78, 5) is 5.04. The van der Waals surface area contributed by atoms with Gasteiger partial charge < -0.3 is 5.32 Å². The molecule has 0 atom stereocenters. The standard InChI is InChI=1S/C20H24N4/c1-13(2)21-19-16-11-7-8-12-17(16)22-20-18(14(3)23-24(19)20)15-9-5-4-6-10-15/h4-6,9-10,13,21H,7-8,11-12H2,1-3H3. The summed E-state index contributed by atoms with van der Waals surface area (Å²) in [7, 11) is 0. The first-order valence-electron chi connectivity index (χ1n) is 8.88. The Morgan fingerprint density at radius 1 is 1.08 bits per heavy atom. The van der Waals surface area contributed by atoms with Crippen molar-refractivity contribution >= 4 is 11.5 Å². The van der Waals surface area contributed by atoms with Gasteiger partial charge in [0.2, 0.25) is 0 Å². The zero-order valence-corrected chi connectivity index (χ0v) is 14.6. The molecule has 0 fully saturated rings. The molecule has 0 amide bonds. The van der Waals surface area contributed by atoms with Crippen LogP contribution in [-0.4, -0.2) is 20.6 Å². The number of rotatable bonds is 3. The number of nitrogens with zero attached hydrogens (tertiary/aromatic N) is 3. The predicted molar refractivity (Wildman–Crippen MR) is 98.6 cm³/mol. The van der Waals surface area contributed by atoms with Gasteiger partial charge in [0.1, 0.15) is 5.82 Å². The lowest BCUT2D eigenvalue weighted by molar-refractivity contribution is 0.659. The second-order valence-corrected chi connectivity index (χ2v) is 6.95. The molecule has 2 heterocycles. The zero-order chi connectivity index (χ0) is 16.7. The number of nitrogens with one attached hydrogen (secondary N) is 1. The molecule has 3 aromatic rings. The van der Waals surface area contributed by atoms with E-state index in [4.69, 9.17) is 10.1 Å². The van der Waals surface area contributed by atoms with E-state index >= 15 is 0 Å². The number of anilines is 1. The number of aromatic nitrogens is 3. The molecule has 4 heteroatoms. The SMILES string of the molecule is Cc1nn2c(NC(C)C)c3c(nc2c1-c1ccccc1)CCCC3. The Labute approximate surface area is 142 Å². The van der Waals surface area contributed by atoms with E-state index in [1.807, 2.05) is 10.6 Å². The molecule has 2 aromatic heterocycles. The third kappa shape index (κ3) is 2.46. The Morgan fingerprint density at radius 3 is 2.58 bits per heavy atom. The Bertz CT molecular complexity index is 878. The first kappa shape index (κ1) is 15.2. The van der Waals surface area contributed by atoms with E-state index in [9.17, 15) is 0 Å². The number of hydrogen-bond donors (Lipinski definition) is 1. The molecule has 24 heavy (non-hydrogen) atoms. The van der Waals surface area contributed by atoms with Crippen molar-refractivity contribution in [2.75, 3.05) is 5.32 Å². The van der Waals surface area contributed by atoms with Gasteiger partial charge in [-0.2, -0.15) is 9.61 Å². The fraction of sp³-hybridized carbons (Fsp3) is 0.400. The van der Waals surface area contributed by atoms with Crippen molar-refractivity contribution in [3.05, 3.63) is 47.3 Å². The summed E-state index contributed by atoms with van der Waals surface area (Å²) in [6.07, 6.45) is 4.62. The van der Waals surface area contributed by atoms with E-state index in [0.717, 1.165) is 35.6 Å². The third-order valence-electron chi connectivity index (χ3n) is 4.70. The maximum Gasteiger partial charge on any atom is 0.165 e. The van der Waals surface area contributed by atoms with Gasteiger partial charge in [-0.3, -0.25) is 0 Å². The number of hydrogen-bond acceptors (Lipinski definition) is 3. The van der Waals surface area contributed by atoms with Crippen LogP contribution in [0.25, 0.3) is 16.8 Å². The van der Waals surface area contributed by atoms with Crippen molar-refractivity contribution in [2.45, 2.75) is 52.5 Å². The van der Waals surface area contributed by atoms with E-state index in [1.54, 1.807) is 0 Å². The molecule has 1 aliphatic carbocycles. The molecule has 124 valence electrons. The summed E-state index contributed by atoms with van der Waals surface area (Å²) in [5.41, 5.74) is 6.93. The van der Waals surface area contributed by atoms with E-state index in [0.29, 0.717) is 6.04 Å². The lowest BCUT2D eigenvalue weighted by Gasteiger charge is -2.22. The van der Waals surface area contributed by atoms with E-state index < -0.39 is 0 Å². The molecular formula is C20H24N4. The molecule has 1 aromatic carbocycles. The van der Waals surface area contributed by atoms with Gasteiger partial charge in [-0.1, -0.05) is 30.3 Å². The first-order valence-corrected chi connectivity index (χ1v) is 8.88. The normalized spacial score (nSPS) is 14.2. The summed E-state index contributed by atoms with van der Waals surface area (Å²) < 4.78 is 2.03. The summed E-state index contributed by atoms with van der Waals surface area (Å²) in [5, 5.41) is 8.47. The molecule has 0 saturated heterocycles. The monoisotopic (exact) mass is 320 g/mol. The molecule has 4 rings (SSSR count). The molecular weight excluding hydrogens is 296 g/mol. The largest absolute Gasteiger partial charge is 0.367 e. The van der Waals surface area contributed by atoms with Gasteiger partial charge in [-0.05, 0) is 52.0 Å². The van der Waals surface area contributed by atoms with Gasteiger partial charge in [0.25, 0.3) is 0 Å². The van der Waals surface area contributed by atoms with Crippen LogP contribution in [0.15, 0.2) is 30.3 Å². The van der Waals surface area contributed by atoms with Gasteiger partial charge in [0.15, 0.2) is 5.65 Å². The lowest BCUT2D eigenvalue weighted by Crippen LogP contribution is -2.19. The maximum atomic E-state index is 5.04. The van der Waals surface area contributed by atoms with Crippen molar-refractivity contribution in [3.8, 4) is 11.1 Å². The van der Waals surface area contributed by atoms with Crippen LogP contribution in [0.1, 0.15) is 43.6 Å². The molecule has 0 bridgehead atoms. The molecule has 4 nitrogen and oxygen atoms in total. The van der Waals surface area contributed by atoms with Crippen LogP contribution in [0, 0.1) is 6.92 Å². The van der Waals surface area contributed by atoms with Crippen molar-refractivity contribution in [3.63, 3.8) is 0 Å². The fourth-order valence-electron chi connectivity index (χ4n) is 3.66. The Morgan fingerprint density at radius 2 is 1.83 bits per heavy atom. The highest BCUT2D eigenvalue weighted by atomic mass is 15.3. The molecule has 0 aliphatic heterocycles. The highest BCUT2D eigenvalue weighted by molar-refractivity contribution is 5.81. The fourth-order valence-corrected chi connectivity index (χ4v) is 3.66. The van der Waals surface area contributed by atoms with E-state index in [-0.39, 0.29) is 0 Å². The van der Waals surface area contributed by atoms with Crippen molar-refractivity contribution in [1.29, 1.82) is 0 Å². The summed E-state index contributed by atoms with van der Waals surface area (Å²) >= 11 is 0. The highest BCUT2D eigenvalue weighted by Crippen LogP contribution is 2.33. The van der Waals surface area contributed by atoms with Crippen molar-refractivity contribution < 1.29 is 0 Å². The van der Waals surface area contributed by atoms with Crippen LogP contribution < -0.4 is 5.32 Å². The topological polar surface area (TPSA) is 42.2 Å². The molecule has 0 unspecified atom stereocenters. The second kappa shape index (κ2) is 5.93. The smallest absolute Gasteiger partial charge is 0.165 e. The molecule has 0 radical (unpaired) electrons.